The first-order valence-corrected chi connectivity index (χ1v) is 4.36. The normalized spacial score (nSPS) is 14.0. The molecule has 1 N–H and O–H groups in total. The molecule has 0 aromatic heterocycles. The van der Waals surface area contributed by atoms with Gasteiger partial charge in [-0.15, -0.1) is 0 Å². The lowest BCUT2D eigenvalue weighted by Gasteiger charge is -2.09. The molecule has 0 aliphatic heterocycles. The molecule has 0 fully saturated rings. The van der Waals surface area contributed by atoms with Gasteiger partial charge in [0.1, 0.15) is 0 Å². The van der Waals surface area contributed by atoms with Crippen LogP contribution in [0.1, 0.15) is 19.8 Å². The van der Waals surface area contributed by atoms with Gasteiger partial charge in [-0.05, 0) is 32.4 Å². The number of hydrogen-bond acceptors (Lipinski definition) is 1. The lowest BCUT2D eigenvalue weighted by atomic mass is 10.1. The predicted octanol–water partition coefficient (Wildman–Crippen LogP) is 2.67. The van der Waals surface area contributed by atoms with Crippen LogP contribution in [0.4, 0.5) is 0 Å². The number of hydrogen-bond donors (Lipinski definition) is 1. The van der Waals surface area contributed by atoms with Crippen molar-refractivity contribution in [3.05, 3.63) is 37.0 Å². The Bertz CT molecular complexity index is 168. The van der Waals surface area contributed by atoms with Crippen molar-refractivity contribution in [2.24, 2.45) is 0 Å². The third-order valence-electron chi connectivity index (χ3n) is 1.95. The van der Waals surface area contributed by atoms with Crippen molar-refractivity contribution >= 4 is 0 Å². The molecule has 0 saturated carbocycles. The predicted molar refractivity (Wildman–Crippen MR) is 56.2 cm³/mol. The second-order valence-corrected chi connectivity index (χ2v) is 2.91. The molecule has 0 heterocycles. The Balaban J connectivity index is 3.80. The topological polar surface area (TPSA) is 12.0 Å². The Morgan fingerprint density at radius 3 is 2.58 bits per heavy atom. The molecule has 1 unspecified atom stereocenters. The molecular weight excluding hydrogens is 146 g/mol. The zero-order chi connectivity index (χ0) is 9.40. The van der Waals surface area contributed by atoms with Crippen LogP contribution in [-0.2, 0) is 0 Å². The minimum absolute atomic E-state index is 0.568. The van der Waals surface area contributed by atoms with Crippen molar-refractivity contribution in [2.45, 2.75) is 25.8 Å². The minimum atomic E-state index is 0.568. The quantitative estimate of drug-likeness (QED) is 0.597. The molecule has 1 nitrogen and oxygen atoms in total. The number of nitrogens with one attached hydrogen (secondary N) is 1. The summed E-state index contributed by atoms with van der Waals surface area (Å²) >= 11 is 0. The minimum Gasteiger partial charge on any atom is -0.317 e. The van der Waals surface area contributed by atoms with Crippen LogP contribution >= 0.6 is 0 Å². The average molecular weight is 165 g/mol. The molecule has 0 bridgehead atoms. The smallest absolute Gasteiger partial charge is 0.00388 e. The van der Waals surface area contributed by atoms with E-state index in [0.29, 0.717) is 6.04 Å². The summed E-state index contributed by atoms with van der Waals surface area (Å²) in [5.41, 5.74) is 1.26. The molecule has 0 aromatic rings. The summed E-state index contributed by atoms with van der Waals surface area (Å²) < 4.78 is 0. The van der Waals surface area contributed by atoms with Crippen LogP contribution in [0.2, 0.25) is 0 Å². The highest BCUT2D eigenvalue weighted by molar-refractivity contribution is 5.20. The molecular formula is C11H19N. The molecule has 0 rings (SSSR count). The molecule has 0 aliphatic rings. The molecule has 1 heteroatoms. The lowest BCUT2D eigenvalue weighted by molar-refractivity contribution is 0.566. The summed E-state index contributed by atoms with van der Waals surface area (Å²) in [4.78, 5) is 0. The van der Waals surface area contributed by atoms with Gasteiger partial charge in [0.15, 0.2) is 0 Å². The SMILES string of the molecule is C=C/C=C(\C=C)CCC(C)NC. The van der Waals surface area contributed by atoms with Crippen LogP contribution in [-0.4, -0.2) is 13.1 Å². The Hall–Kier alpha value is -0.820. The Morgan fingerprint density at radius 2 is 2.17 bits per heavy atom. The molecule has 68 valence electrons. The van der Waals surface area contributed by atoms with Crippen LogP contribution in [0.3, 0.4) is 0 Å². The first-order chi connectivity index (χ1) is 5.74. The first-order valence-electron chi connectivity index (χ1n) is 4.36. The van der Waals surface area contributed by atoms with E-state index in [1.54, 1.807) is 6.08 Å². The van der Waals surface area contributed by atoms with E-state index >= 15 is 0 Å². The Morgan fingerprint density at radius 1 is 1.50 bits per heavy atom. The highest BCUT2D eigenvalue weighted by Gasteiger charge is 1.98. The van der Waals surface area contributed by atoms with Crippen molar-refractivity contribution in [1.29, 1.82) is 0 Å². The molecule has 12 heavy (non-hydrogen) atoms. The van der Waals surface area contributed by atoms with Crippen LogP contribution in [0.5, 0.6) is 0 Å². The number of rotatable bonds is 6. The maximum Gasteiger partial charge on any atom is 0.00388 e. The van der Waals surface area contributed by atoms with Gasteiger partial charge in [0.25, 0.3) is 0 Å². The van der Waals surface area contributed by atoms with E-state index in [1.165, 1.54) is 5.57 Å². The van der Waals surface area contributed by atoms with Crippen molar-refractivity contribution in [2.75, 3.05) is 7.05 Å². The molecule has 0 amide bonds. The van der Waals surface area contributed by atoms with E-state index in [0.717, 1.165) is 12.8 Å². The van der Waals surface area contributed by atoms with Crippen LogP contribution < -0.4 is 5.32 Å². The van der Waals surface area contributed by atoms with Gasteiger partial charge in [0.05, 0.1) is 0 Å². The van der Waals surface area contributed by atoms with Gasteiger partial charge < -0.3 is 5.32 Å². The number of allylic oxidation sites excluding steroid dienone is 4. The van der Waals surface area contributed by atoms with Gasteiger partial charge in [-0.2, -0.15) is 0 Å². The van der Waals surface area contributed by atoms with Gasteiger partial charge in [-0.1, -0.05) is 31.4 Å². The lowest BCUT2D eigenvalue weighted by Crippen LogP contribution is -2.20. The van der Waals surface area contributed by atoms with Crippen molar-refractivity contribution in [3.8, 4) is 0 Å². The van der Waals surface area contributed by atoms with E-state index in [9.17, 15) is 0 Å². The second kappa shape index (κ2) is 6.86. The molecule has 1 atom stereocenters. The zero-order valence-electron chi connectivity index (χ0n) is 8.14. The second-order valence-electron chi connectivity index (χ2n) is 2.91. The standard InChI is InChI=1S/C11H19N/c1-5-7-11(6-2)9-8-10(3)12-4/h5-7,10,12H,1-2,8-9H2,3-4H3/b11-7+. The summed E-state index contributed by atoms with van der Waals surface area (Å²) in [6, 6.07) is 0.568. The van der Waals surface area contributed by atoms with E-state index in [-0.39, 0.29) is 0 Å². The van der Waals surface area contributed by atoms with Crippen LogP contribution in [0.25, 0.3) is 0 Å². The molecule has 0 radical (unpaired) electrons. The van der Waals surface area contributed by atoms with Gasteiger partial charge in [-0.25, -0.2) is 0 Å². The van der Waals surface area contributed by atoms with E-state index < -0.39 is 0 Å². The van der Waals surface area contributed by atoms with E-state index in [4.69, 9.17) is 0 Å². The molecule has 0 aromatic carbocycles. The van der Waals surface area contributed by atoms with E-state index in [2.05, 4.69) is 25.4 Å². The van der Waals surface area contributed by atoms with Crippen molar-refractivity contribution in [3.63, 3.8) is 0 Å². The maximum absolute atomic E-state index is 3.75. The van der Waals surface area contributed by atoms with Gasteiger partial charge >= 0.3 is 0 Å². The fourth-order valence-electron chi connectivity index (χ4n) is 0.932. The Labute approximate surface area is 75.9 Å². The monoisotopic (exact) mass is 165 g/mol. The van der Waals surface area contributed by atoms with E-state index in [1.807, 2.05) is 19.2 Å². The van der Waals surface area contributed by atoms with Crippen LogP contribution in [0, 0.1) is 0 Å². The molecule has 0 spiro atoms. The largest absolute Gasteiger partial charge is 0.317 e. The van der Waals surface area contributed by atoms with Gasteiger partial charge in [0.2, 0.25) is 0 Å². The third-order valence-corrected chi connectivity index (χ3v) is 1.95. The first kappa shape index (κ1) is 11.2. The average Bonchev–Trinajstić information content (AvgIpc) is 2.11. The summed E-state index contributed by atoms with van der Waals surface area (Å²) in [5.74, 6) is 0. The zero-order valence-corrected chi connectivity index (χ0v) is 8.14. The third kappa shape index (κ3) is 4.91. The van der Waals surface area contributed by atoms with Gasteiger partial charge in [0, 0.05) is 6.04 Å². The van der Waals surface area contributed by atoms with Gasteiger partial charge in [-0.3, -0.25) is 0 Å². The molecule has 0 aliphatic carbocycles. The highest BCUT2D eigenvalue weighted by atomic mass is 14.8. The fraction of sp³-hybridized carbons (Fsp3) is 0.455. The van der Waals surface area contributed by atoms with Crippen molar-refractivity contribution in [1.82, 2.24) is 5.32 Å². The summed E-state index contributed by atoms with van der Waals surface area (Å²) in [6.45, 7) is 9.58. The van der Waals surface area contributed by atoms with Crippen molar-refractivity contribution < 1.29 is 0 Å². The summed E-state index contributed by atoms with van der Waals surface area (Å²) in [6.07, 6.45) is 7.92. The summed E-state index contributed by atoms with van der Waals surface area (Å²) in [7, 11) is 1.98. The maximum atomic E-state index is 3.75. The molecule has 0 saturated heterocycles. The Kier molecular flexibility index (Phi) is 6.39. The summed E-state index contributed by atoms with van der Waals surface area (Å²) in [5, 5.41) is 3.20. The fourth-order valence-corrected chi connectivity index (χ4v) is 0.932. The highest BCUT2D eigenvalue weighted by Crippen LogP contribution is 2.08. The van der Waals surface area contributed by atoms with Crippen LogP contribution in [0.15, 0.2) is 37.0 Å².